The number of ether oxygens (including phenoxy) is 3. The summed E-state index contributed by atoms with van der Waals surface area (Å²) < 4.78 is 19.5. The van der Waals surface area contributed by atoms with Gasteiger partial charge in [-0.1, -0.05) is 84.6 Å². The minimum absolute atomic E-state index is 0.0209. The Labute approximate surface area is 497 Å². The average molecular weight is 1180 g/mol. The summed E-state index contributed by atoms with van der Waals surface area (Å²) in [5, 5.41) is 22.9. The first-order valence-electron chi connectivity index (χ1n) is 28.0. The number of carboxylic acid groups (broad SMARTS) is 1. The molecule has 1 aliphatic carbocycles. The van der Waals surface area contributed by atoms with E-state index in [9.17, 15) is 33.9 Å². The molecule has 5 N–H and O–H groups in total. The molecule has 5 aromatic rings. The van der Waals surface area contributed by atoms with Gasteiger partial charge >= 0.3 is 12.1 Å². The van der Waals surface area contributed by atoms with Crippen LogP contribution >= 0.6 is 23.2 Å². The van der Waals surface area contributed by atoms with Crippen LogP contribution in [0.3, 0.4) is 0 Å². The van der Waals surface area contributed by atoms with Crippen LogP contribution in [0.15, 0.2) is 103 Å². The molecule has 0 saturated heterocycles. The van der Waals surface area contributed by atoms with Crippen molar-refractivity contribution in [3.63, 3.8) is 0 Å². The quantitative estimate of drug-likeness (QED) is 0.0317. The number of amides is 5. The second-order valence-electron chi connectivity index (χ2n) is 22.5. The summed E-state index contributed by atoms with van der Waals surface area (Å²) in [6.07, 6.45) is 4.06. The molecule has 83 heavy (non-hydrogen) atoms. The van der Waals surface area contributed by atoms with Crippen LogP contribution in [-0.2, 0) is 66.4 Å². The number of likely N-dealkylation sites (N-methyl/N-ethyl adjacent to an activating group) is 2. The molecule has 6 atom stereocenters. The molecule has 6 rings (SSSR count). The summed E-state index contributed by atoms with van der Waals surface area (Å²) in [4.78, 5) is 92.4. The van der Waals surface area contributed by atoms with E-state index >= 15 is 0 Å². The fourth-order valence-electron chi connectivity index (χ4n) is 10.2. The molecule has 5 amide bonds. The zero-order valence-electron chi connectivity index (χ0n) is 49.1. The van der Waals surface area contributed by atoms with E-state index in [1.807, 2.05) is 94.1 Å². The smallest absolute Gasteiger partial charge is 0.407 e. The number of benzene rings is 4. The highest BCUT2D eigenvalue weighted by Crippen LogP contribution is 2.32. The molecule has 0 spiro atoms. The number of rotatable bonds is 28. The molecule has 21 heteroatoms. The van der Waals surface area contributed by atoms with Gasteiger partial charge in [0.1, 0.15) is 29.0 Å². The first kappa shape index (κ1) is 65.1. The van der Waals surface area contributed by atoms with E-state index in [0.29, 0.717) is 46.5 Å². The average Bonchev–Trinajstić information content (AvgIpc) is 3.80. The molecule has 1 saturated carbocycles. The Hall–Kier alpha value is -7.03. The van der Waals surface area contributed by atoms with Gasteiger partial charge in [-0.25, -0.2) is 9.78 Å². The van der Waals surface area contributed by atoms with Crippen LogP contribution in [0.2, 0.25) is 10.0 Å². The molecule has 1 heterocycles. The maximum atomic E-state index is 14.8. The Morgan fingerprint density at radius 1 is 0.819 bits per heavy atom. The van der Waals surface area contributed by atoms with Gasteiger partial charge in [-0.15, -0.1) is 0 Å². The van der Waals surface area contributed by atoms with Crippen molar-refractivity contribution in [2.45, 2.75) is 127 Å². The van der Waals surface area contributed by atoms with Gasteiger partial charge in [0, 0.05) is 81.0 Å². The number of hydrogen-bond donors (Lipinski definition) is 5. The van der Waals surface area contributed by atoms with Crippen LogP contribution in [-0.4, -0.2) is 149 Å². The second kappa shape index (κ2) is 31.0. The van der Waals surface area contributed by atoms with Crippen molar-refractivity contribution in [3.8, 4) is 22.8 Å². The van der Waals surface area contributed by atoms with Gasteiger partial charge < -0.3 is 59.9 Å². The molecule has 1 aliphatic rings. The van der Waals surface area contributed by atoms with Crippen LogP contribution in [0.25, 0.3) is 11.3 Å². The molecule has 0 bridgehead atoms. The summed E-state index contributed by atoms with van der Waals surface area (Å²) in [5.41, 5.74) is 3.44. The zero-order valence-corrected chi connectivity index (χ0v) is 50.6. The highest BCUT2D eigenvalue weighted by atomic mass is 35.5. The van der Waals surface area contributed by atoms with Gasteiger partial charge in [0.15, 0.2) is 0 Å². The number of carbonyl (C=O) groups is 6. The molecule has 4 aromatic carbocycles. The zero-order chi connectivity index (χ0) is 60.4. The lowest BCUT2D eigenvalue weighted by molar-refractivity contribution is -0.145. The standard InChI is InChI=1S/C62H81Cl2N9O10/c1-62(2,3)83-61(80)65-30-29-50(66-36-43-21-26-46(64)34-54(43)82-48-27-22-42(23-28-48)53-37-67-55(72(53)7)38-70(4)5)58(77)69-51(39-81-9)60(79)71(6)47(32-41-19-24-45(63)25-20-41)35-56(74)68-49-17-13-14-18-52(49)73(8)59(78)44(33-57(75)76)31-40-15-11-10-12-16-40/h10-12,15-16,19-28,34,37,44,47,49-52,66H,13-14,17-18,29-33,35-36,38-39H2,1-9H3,(H,65,80)(H,68,74)(H,69,77)(H,75,76)/t44?,47?,49-,50?,51?,52-/m0/s1. The molecule has 448 valence electrons. The van der Waals surface area contributed by atoms with Crippen molar-refractivity contribution >= 4 is 58.9 Å². The minimum atomic E-state index is -1.23. The number of imidazole rings is 1. The van der Waals surface area contributed by atoms with Crippen LogP contribution in [0, 0.1) is 5.92 Å². The van der Waals surface area contributed by atoms with E-state index in [2.05, 4.69) is 35.7 Å². The number of carboxylic acids is 1. The van der Waals surface area contributed by atoms with Crippen molar-refractivity contribution in [3.05, 3.63) is 136 Å². The number of alkyl carbamates (subject to hydrolysis) is 1. The summed E-state index contributed by atoms with van der Waals surface area (Å²) in [5.74, 6) is -1.75. The fraction of sp³-hybridized carbons (Fsp3) is 0.468. The van der Waals surface area contributed by atoms with E-state index in [-0.39, 0.29) is 63.6 Å². The Morgan fingerprint density at radius 3 is 2.16 bits per heavy atom. The molecule has 1 fully saturated rings. The molecule has 0 radical (unpaired) electrons. The van der Waals surface area contributed by atoms with Gasteiger partial charge in [-0.05, 0) is 127 Å². The van der Waals surface area contributed by atoms with Gasteiger partial charge in [0.2, 0.25) is 23.6 Å². The normalized spacial score (nSPS) is 15.8. The summed E-state index contributed by atoms with van der Waals surface area (Å²) in [6, 6.07) is 25.4. The number of hydrogen-bond acceptors (Lipinski definition) is 12. The first-order chi connectivity index (χ1) is 39.5. The predicted molar refractivity (Wildman–Crippen MR) is 320 cm³/mol. The lowest BCUT2D eigenvalue weighted by Crippen LogP contribution is -2.57. The number of halogens is 2. The molecule has 4 unspecified atom stereocenters. The number of nitrogens with one attached hydrogen (secondary N) is 4. The maximum absolute atomic E-state index is 14.8. The van der Waals surface area contributed by atoms with E-state index in [0.717, 1.165) is 41.1 Å². The Morgan fingerprint density at radius 2 is 1.49 bits per heavy atom. The summed E-state index contributed by atoms with van der Waals surface area (Å²) in [7, 11) is 10.6. The molecule has 1 aromatic heterocycles. The van der Waals surface area contributed by atoms with Gasteiger partial charge in [-0.3, -0.25) is 24.0 Å². The first-order valence-corrected chi connectivity index (χ1v) is 28.8. The summed E-state index contributed by atoms with van der Waals surface area (Å²) >= 11 is 12.8. The van der Waals surface area contributed by atoms with Crippen LogP contribution in [0.5, 0.6) is 11.5 Å². The topological polar surface area (TPSA) is 226 Å². The number of methoxy groups -OCH3 is 1. The minimum Gasteiger partial charge on any atom is -0.481 e. The number of carbonyl (C=O) groups excluding carboxylic acids is 5. The Bertz CT molecular complexity index is 2960. The third-order valence-electron chi connectivity index (χ3n) is 14.6. The molecular formula is C62H81Cl2N9O10. The predicted octanol–water partition coefficient (Wildman–Crippen LogP) is 8.43. The van der Waals surface area contributed by atoms with E-state index in [4.69, 9.17) is 37.4 Å². The highest BCUT2D eigenvalue weighted by molar-refractivity contribution is 6.31. The van der Waals surface area contributed by atoms with Gasteiger partial charge in [0.25, 0.3) is 0 Å². The number of aromatic nitrogens is 2. The second-order valence-corrected chi connectivity index (χ2v) is 23.4. The Balaban J connectivity index is 1.19. The largest absolute Gasteiger partial charge is 0.481 e. The van der Waals surface area contributed by atoms with Gasteiger partial charge in [0.05, 0.1) is 49.5 Å². The van der Waals surface area contributed by atoms with Crippen LogP contribution in [0.1, 0.15) is 88.2 Å². The molecule has 19 nitrogen and oxygen atoms in total. The van der Waals surface area contributed by atoms with E-state index in [1.54, 1.807) is 70.1 Å². The van der Waals surface area contributed by atoms with E-state index in [1.165, 1.54) is 12.0 Å². The SMILES string of the molecule is COCC(NC(=O)C(CCNC(=O)OC(C)(C)C)NCc1ccc(Cl)cc1Oc1ccc(-c2cnc(CN(C)C)n2C)cc1)C(=O)N(C)C(CC(=O)N[C@H]1CCCC[C@@H]1N(C)C(=O)C(CC(=O)O)Cc1ccccc1)Cc1ccc(Cl)cc1. The third kappa shape index (κ3) is 20.1. The number of nitrogens with zero attached hydrogens (tertiary/aromatic N) is 5. The number of aliphatic carboxylic acids is 1. The Kier molecular flexibility index (Phi) is 24.4. The van der Waals surface area contributed by atoms with Crippen molar-refractivity contribution in [1.29, 1.82) is 0 Å². The van der Waals surface area contributed by atoms with Crippen molar-refractivity contribution in [2.75, 3.05) is 48.5 Å². The van der Waals surface area contributed by atoms with E-state index < -0.39 is 65.6 Å². The lowest BCUT2D eigenvalue weighted by atomic mass is 9.87. The van der Waals surface area contributed by atoms with Gasteiger partial charge in [-0.2, -0.15) is 0 Å². The lowest BCUT2D eigenvalue weighted by Gasteiger charge is -2.40. The highest BCUT2D eigenvalue weighted by Gasteiger charge is 2.37. The van der Waals surface area contributed by atoms with Crippen molar-refractivity contribution < 1.29 is 48.1 Å². The monoisotopic (exact) mass is 1180 g/mol. The van der Waals surface area contributed by atoms with Crippen LogP contribution < -0.4 is 26.0 Å². The maximum Gasteiger partial charge on any atom is 0.407 e. The molecular weight excluding hydrogens is 1100 g/mol. The van der Waals surface area contributed by atoms with Crippen molar-refractivity contribution in [1.82, 2.24) is 45.5 Å². The summed E-state index contributed by atoms with van der Waals surface area (Å²) in [6.45, 7) is 5.82. The third-order valence-corrected chi connectivity index (χ3v) is 15.1. The van der Waals surface area contributed by atoms with Crippen LogP contribution in [0.4, 0.5) is 4.79 Å². The van der Waals surface area contributed by atoms with Crippen molar-refractivity contribution in [2.24, 2.45) is 13.0 Å². The molecule has 0 aliphatic heterocycles. The fourth-order valence-corrected chi connectivity index (χ4v) is 10.5.